The summed E-state index contributed by atoms with van der Waals surface area (Å²) in [6, 6.07) is 13.2. The van der Waals surface area contributed by atoms with E-state index in [1.165, 1.54) is 18.4 Å². The molecule has 15 heteroatoms. The van der Waals surface area contributed by atoms with Crippen molar-refractivity contribution in [3.8, 4) is 11.5 Å². The number of hydrogen-bond acceptors (Lipinski definition) is 9. The van der Waals surface area contributed by atoms with E-state index >= 15 is 0 Å². The first-order chi connectivity index (χ1) is 24.2. The maximum absolute atomic E-state index is 14.0. The van der Waals surface area contributed by atoms with Crippen molar-refractivity contribution in [1.29, 1.82) is 0 Å². The lowest BCUT2D eigenvalue weighted by molar-refractivity contribution is -0.144. The Morgan fingerprint density at radius 3 is 2.16 bits per heavy atom. The van der Waals surface area contributed by atoms with Crippen molar-refractivity contribution < 1.29 is 37.1 Å². The first-order valence-corrected chi connectivity index (χ1v) is 19.1. The number of likely N-dealkylation sites (tertiary alicyclic amines) is 1. The lowest BCUT2D eigenvalue weighted by atomic mass is 9.89. The van der Waals surface area contributed by atoms with Crippen LogP contribution in [0.3, 0.4) is 0 Å². The van der Waals surface area contributed by atoms with Gasteiger partial charge in [0.1, 0.15) is 36.2 Å². The van der Waals surface area contributed by atoms with Gasteiger partial charge in [-0.05, 0) is 55.6 Å². The molecule has 3 aliphatic heterocycles. The van der Waals surface area contributed by atoms with Crippen LogP contribution in [0.2, 0.25) is 0 Å². The molecule has 2 aromatic carbocycles. The molecule has 2 bridgehead atoms. The van der Waals surface area contributed by atoms with Gasteiger partial charge in [0.2, 0.25) is 27.7 Å². The highest BCUT2D eigenvalue weighted by molar-refractivity contribution is 7.89. The Morgan fingerprint density at radius 1 is 0.882 bits per heavy atom. The van der Waals surface area contributed by atoms with Crippen molar-refractivity contribution >= 4 is 33.7 Å². The number of piperidine rings is 1. The summed E-state index contributed by atoms with van der Waals surface area (Å²) in [7, 11) is -0.296. The third-order valence-electron chi connectivity index (χ3n) is 9.22. The Bertz CT molecular complexity index is 1590. The summed E-state index contributed by atoms with van der Waals surface area (Å²) >= 11 is 0. The Kier molecular flexibility index (Phi) is 13.8. The van der Waals surface area contributed by atoms with Crippen LogP contribution in [0.25, 0.3) is 0 Å². The predicted octanol–water partition coefficient (Wildman–Crippen LogP) is 1.06. The van der Waals surface area contributed by atoms with E-state index < -0.39 is 57.4 Å². The van der Waals surface area contributed by atoms with Crippen LogP contribution in [-0.4, -0.2) is 118 Å². The van der Waals surface area contributed by atoms with Crippen molar-refractivity contribution in [3.63, 3.8) is 0 Å². The molecule has 1 spiro atoms. The van der Waals surface area contributed by atoms with Crippen molar-refractivity contribution in [2.75, 3.05) is 52.6 Å². The third-order valence-corrected chi connectivity index (χ3v) is 11.1. The van der Waals surface area contributed by atoms with Gasteiger partial charge in [0.15, 0.2) is 5.60 Å². The molecule has 3 heterocycles. The second-order valence-corrected chi connectivity index (χ2v) is 16.0. The molecular weight excluding hydrogens is 676 g/mol. The fourth-order valence-electron chi connectivity index (χ4n) is 5.99. The van der Waals surface area contributed by atoms with E-state index in [9.17, 15) is 27.6 Å². The number of fused-ring (bicyclic) bond motifs is 15. The van der Waals surface area contributed by atoms with Crippen molar-refractivity contribution in [3.05, 3.63) is 60.2 Å². The summed E-state index contributed by atoms with van der Waals surface area (Å²) in [4.78, 5) is 56.6. The highest BCUT2D eigenvalue weighted by Gasteiger charge is 2.45. The predicted molar refractivity (Wildman–Crippen MR) is 193 cm³/mol. The summed E-state index contributed by atoms with van der Waals surface area (Å²) in [5.41, 5.74) is -0.460. The Morgan fingerprint density at radius 2 is 1.53 bits per heavy atom. The van der Waals surface area contributed by atoms with E-state index in [0.717, 1.165) is 5.56 Å². The normalized spacial score (nSPS) is 22.8. The zero-order valence-corrected chi connectivity index (χ0v) is 31.0. The fourth-order valence-corrected chi connectivity index (χ4v) is 6.85. The van der Waals surface area contributed by atoms with Crippen LogP contribution < -0.4 is 30.7 Å². The van der Waals surface area contributed by atoms with Gasteiger partial charge in [-0.1, -0.05) is 44.2 Å². The van der Waals surface area contributed by atoms with Crippen LogP contribution >= 0.6 is 0 Å². The van der Waals surface area contributed by atoms with Crippen LogP contribution in [0.15, 0.2) is 54.6 Å². The molecule has 0 aliphatic carbocycles. The maximum atomic E-state index is 14.0. The Hall–Kier alpha value is -4.21. The van der Waals surface area contributed by atoms with E-state index in [1.54, 1.807) is 45.0 Å². The minimum absolute atomic E-state index is 0.0229. The van der Waals surface area contributed by atoms with Gasteiger partial charge in [0.05, 0.1) is 12.3 Å². The second kappa shape index (κ2) is 17.8. The van der Waals surface area contributed by atoms with E-state index in [2.05, 4.69) is 26.2 Å². The summed E-state index contributed by atoms with van der Waals surface area (Å²) < 4.78 is 37.9. The number of carbonyl (C=O) groups is 4. The van der Waals surface area contributed by atoms with E-state index in [4.69, 9.17) is 9.47 Å². The average molecular weight is 729 g/mol. The molecule has 0 aromatic heterocycles. The molecular formula is C36H52N6O8S. The molecule has 280 valence electrons. The minimum Gasteiger partial charge on any atom is -0.492 e. The number of sulfonamides is 1. The maximum Gasteiger partial charge on any atom is 0.264 e. The summed E-state index contributed by atoms with van der Waals surface area (Å²) in [5.74, 6) is -1.30. The molecule has 0 radical (unpaired) electrons. The molecule has 51 heavy (non-hydrogen) atoms. The van der Waals surface area contributed by atoms with Gasteiger partial charge in [0, 0.05) is 46.4 Å². The Balaban J connectivity index is 1.54. The summed E-state index contributed by atoms with van der Waals surface area (Å²) in [6.07, 6.45) is 1.28. The standard InChI is InChI=1S/C36H52N6O8S/c1-25(2)31-34(45)39-30(24-27-10-7-6-8-11-27)33(44)37-18-22-49-28-12-14-29(15-13-28)50-36(35(46)38-26(3)32(43)40-31)16-20-42(21-17-36)19-9-23-51(47,48)41(4)5/h6-8,10-15,25-26,30-31H,9,16-24H2,1-5H3,(H,37,44)(H,38,46)(H,39,45)(H,40,43)/t26-,30+,31-/m1/s1. The monoisotopic (exact) mass is 728 g/mol. The van der Waals surface area contributed by atoms with E-state index in [1.807, 2.05) is 30.3 Å². The SMILES string of the molecule is CC(C)[C@H]1NC(=O)[C@@H](C)NC(=O)C2(CCN(CCCS(=O)(=O)N(C)C)CC2)Oc2ccc(cc2)OCCNC(=O)[C@H](Cc2ccccc2)NC1=O. The average Bonchev–Trinajstić information content (AvgIpc) is 3.09. The third kappa shape index (κ3) is 11.1. The number of ether oxygens (including phenoxy) is 2. The van der Waals surface area contributed by atoms with E-state index in [-0.39, 0.29) is 31.2 Å². The van der Waals surface area contributed by atoms with Gasteiger partial charge in [-0.2, -0.15) is 0 Å². The topological polar surface area (TPSA) is 175 Å². The number of hydrogen-bond donors (Lipinski definition) is 4. The second-order valence-electron chi connectivity index (χ2n) is 13.7. The van der Waals surface area contributed by atoms with Crippen molar-refractivity contribution in [2.24, 2.45) is 5.92 Å². The fraction of sp³-hybridized carbons (Fsp3) is 0.556. The zero-order valence-electron chi connectivity index (χ0n) is 30.1. The highest BCUT2D eigenvalue weighted by Crippen LogP contribution is 2.31. The van der Waals surface area contributed by atoms with Gasteiger partial charge in [-0.25, -0.2) is 12.7 Å². The number of carbonyl (C=O) groups excluding carboxylic acids is 4. The molecule has 14 nitrogen and oxygen atoms in total. The van der Waals surface area contributed by atoms with Crippen molar-refractivity contribution in [1.82, 2.24) is 30.5 Å². The minimum atomic E-state index is -3.32. The van der Waals surface area contributed by atoms with E-state index in [0.29, 0.717) is 50.4 Å². The van der Waals surface area contributed by atoms with Crippen LogP contribution in [0, 0.1) is 5.92 Å². The van der Waals surface area contributed by atoms with Gasteiger partial charge in [-0.3, -0.25) is 19.2 Å². The molecule has 2 aromatic rings. The van der Waals surface area contributed by atoms with Crippen LogP contribution in [0.1, 0.15) is 45.6 Å². The number of nitrogens with one attached hydrogen (secondary N) is 4. The Labute approximate surface area is 301 Å². The van der Waals surface area contributed by atoms with Gasteiger partial charge < -0.3 is 35.6 Å². The van der Waals surface area contributed by atoms with Crippen LogP contribution in [0.5, 0.6) is 11.5 Å². The molecule has 3 atom stereocenters. The first-order valence-electron chi connectivity index (χ1n) is 17.5. The van der Waals surface area contributed by atoms with Gasteiger partial charge >= 0.3 is 0 Å². The molecule has 5 rings (SSSR count). The van der Waals surface area contributed by atoms with Gasteiger partial charge in [0.25, 0.3) is 5.91 Å². The van der Waals surface area contributed by atoms with Gasteiger partial charge in [-0.15, -0.1) is 0 Å². The largest absolute Gasteiger partial charge is 0.492 e. The summed E-state index contributed by atoms with van der Waals surface area (Å²) in [6.45, 7) is 6.95. The van der Waals surface area contributed by atoms with Crippen LogP contribution in [0.4, 0.5) is 0 Å². The molecule has 3 aliphatic rings. The molecule has 4 amide bonds. The zero-order chi connectivity index (χ0) is 37.2. The molecule has 1 saturated heterocycles. The quantitative estimate of drug-likeness (QED) is 0.290. The summed E-state index contributed by atoms with van der Waals surface area (Å²) in [5, 5.41) is 11.3. The highest BCUT2D eigenvalue weighted by atomic mass is 32.2. The van der Waals surface area contributed by atoms with Crippen molar-refractivity contribution in [2.45, 2.75) is 70.2 Å². The number of nitrogens with zero attached hydrogens (tertiary/aromatic N) is 2. The lowest BCUT2D eigenvalue weighted by Crippen LogP contribution is -2.62. The molecule has 4 N–H and O–H groups in total. The number of benzene rings is 2. The molecule has 0 saturated carbocycles. The molecule has 0 unspecified atom stereocenters. The number of rotatable bonds is 8. The molecule has 1 fully saturated rings. The number of amides is 4. The van der Waals surface area contributed by atoms with Crippen LogP contribution in [-0.2, 0) is 35.6 Å². The smallest absolute Gasteiger partial charge is 0.264 e. The lowest BCUT2D eigenvalue weighted by Gasteiger charge is -2.41. The first kappa shape index (κ1) is 39.6.